The molecular weight excluding hydrogens is 197 g/mol. The van der Waals surface area contributed by atoms with Crippen LogP contribution in [-0.2, 0) is 9.53 Å². The van der Waals surface area contributed by atoms with Gasteiger partial charge in [-0.15, -0.1) is 13.2 Å². The maximum Gasteiger partial charge on any atom is 0.575 e. The van der Waals surface area contributed by atoms with Crippen LogP contribution in [0.15, 0.2) is 12.2 Å². The van der Waals surface area contributed by atoms with Crippen LogP contribution in [0.1, 0.15) is 12.8 Å². The van der Waals surface area contributed by atoms with Crippen molar-refractivity contribution in [1.29, 1.82) is 0 Å². The number of fused-ring (bicyclic) bond motifs is 2. The summed E-state index contributed by atoms with van der Waals surface area (Å²) < 4.78 is 38.6. The van der Waals surface area contributed by atoms with Crippen molar-refractivity contribution in [2.45, 2.75) is 19.2 Å². The number of carbonyl (C=O) groups excluding carboxylic acids is 1. The number of esters is 1. The van der Waals surface area contributed by atoms with Gasteiger partial charge < -0.3 is 4.74 Å². The molecule has 0 aromatic heterocycles. The summed E-state index contributed by atoms with van der Waals surface area (Å²) in [7, 11) is 0. The average molecular weight is 206 g/mol. The zero-order chi connectivity index (χ0) is 10.3. The Morgan fingerprint density at radius 1 is 1.29 bits per heavy atom. The number of rotatable bonds is 1. The van der Waals surface area contributed by atoms with Gasteiger partial charge in [-0.1, -0.05) is 12.2 Å². The molecule has 5 heteroatoms. The Labute approximate surface area is 78.7 Å². The summed E-state index contributed by atoms with van der Waals surface area (Å²) in [6, 6.07) is 0. The Kier molecular flexibility index (Phi) is 2.05. The molecule has 0 aliphatic heterocycles. The summed E-state index contributed by atoms with van der Waals surface area (Å²) in [6.45, 7) is 0. The summed E-state index contributed by atoms with van der Waals surface area (Å²) in [5, 5.41) is 0. The van der Waals surface area contributed by atoms with Gasteiger partial charge in [0.05, 0.1) is 5.92 Å². The number of halogens is 3. The number of allylic oxidation sites excluding steroid dienone is 2. The fourth-order valence-corrected chi connectivity index (χ4v) is 2.24. The summed E-state index contributed by atoms with van der Waals surface area (Å²) in [6.07, 6.45) is 0.217. The van der Waals surface area contributed by atoms with E-state index in [2.05, 4.69) is 4.74 Å². The maximum atomic E-state index is 11.7. The number of ether oxygens (including phenoxy) is 1. The van der Waals surface area contributed by atoms with Crippen LogP contribution in [0.5, 0.6) is 0 Å². The largest absolute Gasteiger partial charge is 0.575 e. The first-order chi connectivity index (χ1) is 6.46. The highest BCUT2D eigenvalue weighted by Gasteiger charge is 2.44. The fraction of sp³-hybridized carbons (Fsp3) is 0.667. The van der Waals surface area contributed by atoms with Gasteiger partial charge in [-0.25, -0.2) is 0 Å². The van der Waals surface area contributed by atoms with Crippen LogP contribution in [0.4, 0.5) is 13.2 Å². The quantitative estimate of drug-likeness (QED) is 0.486. The van der Waals surface area contributed by atoms with Crippen molar-refractivity contribution in [3.63, 3.8) is 0 Å². The molecular formula is C9H9F3O2. The minimum Gasteiger partial charge on any atom is -0.373 e. The Morgan fingerprint density at radius 2 is 2.00 bits per heavy atom. The zero-order valence-electron chi connectivity index (χ0n) is 7.25. The third-order valence-electron chi connectivity index (χ3n) is 2.80. The van der Waals surface area contributed by atoms with Crippen molar-refractivity contribution in [3.05, 3.63) is 12.2 Å². The standard InChI is InChI=1S/C9H9F3O2/c10-9(11,12)14-8(13)7-4-5-1-2-6(7)3-5/h1-2,5-7H,3-4H2. The molecule has 2 bridgehead atoms. The summed E-state index contributed by atoms with van der Waals surface area (Å²) in [5.41, 5.74) is 0. The van der Waals surface area contributed by atoms with Gasteiger partial charge in [-0.2, -0.15) is 0 Å². The van der Waals surface area contributed by atoms with Crippen molar-refractivity contribution in [2.24, 2.45) is 17.8 Å². The van der Waals surface area contributed by atoms with Crippen molar-refractivity contribution < 1.29 is 22.7 Å². The molecule has 0 spiro atoms. The molecule has 78 valence electrons. The minimum atomic E-state index is -4.84. The van der Waals surface area contributed by atoms with Gasteiger partial charge in [-0.3, -0.25) is 4.79 Å². The van der Waals surface area contributed by atoms with E-state index in [9.17, 15) is 18.0 Å². The molecule has 0 amide bonds. The second-order valence-corrected chi connectivity index (χ2v) is 3.75. The van der Waals surface area contributed by atoms with Crippen LogP contribution in [0.2, 0.25) is 0 Å². The van der Waals surface area contributed by atoms with Crippen molar-refractivity contribution in [2.75, 3.05) is 0 Å². The van der Waals surface area contributed by atoms with Gasteiger partial charge in [0, 0.05) is 0 Å². The van der Waals surface area contributed by atoms with E-state index in [1.807, 2.05) is 12.2 Å². The Hall–Kier alpha value is -1.00. The SMILES string of the molecule is O=C(OC(F)(F)F)C1CC2C=CC1C2. The van der Waals surface area contributed by atoms with Crippen molar-refractivity contribution >= 4 is 5.97 Å². The predicted molar refractivity (Wildman–Crippen MR) is 41.0 cm³/mol. The normalized spacial score (nSPS) is 34.9. The third kappa shape index (κ3) is 1.76. The second-order valence-electron chi connectivity index (χ2n) is 3.75. The molecule has 1 saturated carbocycles. The van der Waals surface area contributed by atoms with E-state index < -0.39 is 18.2 Å². The lowest BCUT2D eigenvalue weighted by molar-refractivity contribution is -0.308. The highest BCUT2D eigenvalue weighted by molar-refractivity contribution is 5.74. The van der Waals surface area contributed by atoms with Gasteiger partial charge in [-0.05, 0) is 24.7 Å². The highest BCUT2D eigenvalue weighted by atomic mass is 19.4. The number of carbonyl (C=O) groups is 1. The predicted octanol–water partition coefficient (Wildman–Crippen LogP) is 2.26. The van der Waals surface area contributed by atoms with Gasteiger partial charge in [0.2, 0.25) is 0 Å². The first kappa shape index (κ1) is 9.55. The van der Waals surface area contributed by atoms with Crippen LogP contribution in [0.25, 0.3) is 0 Å². The van der Waals surface area contributed by atoms with Gasteiger partial charge >= 0.3 is 12.3 Å². The van der Waals surface area contributed by atoms with Crippen LogP contribution in [-0.4, -0.2) is 12.3 Å². The molecule has 2 nitrogen and oxygen atoms in total. The highest BCUT2D eigenvalue weighted by Crippen LogP contribution is 2.44. The molecule has 0 saturated heterocycles. The topological polar surface area (TPSA) is 26.3 Å². The van der Waals surface area contributed by atoms with E-state index in [0.717, 1.165) is 6.42 Å². The minimum absolute atomic E-state index is 0.0464. The molecule has 0 radical (unpaired) electrons. The first-order valence-electron chi connectivity index (χ1n) is 4.43. The lowest BCUT2D eigenvalue weighted by Gasteiger charge is -2.17. The Morgan fingerprint density at radius 3 is 2.43 bits per heavy atom. The molecule has 0 aromatic rings. The van der Waals surface area contributed by atoms with Crippen LogP contribution in [0, 0.1) is 17.8 Å². The van der Waals surface area contributed by atoms with E-state index in [1.54, 1.807) is 0 Å². The van der Waals surface area contributed by atoms with Crippen LogP contribution >= 0.6 is 0 Å². The molecule has 0 heterocycles. The molecule has 3 atom stereocenters. The summed E-state index contributed by atoms with van der Waals surface area (Å²) in [4.78, 5) is 11.1. The first-order valence-corrected chi connectivity index (χ1v) is 4.43. The monoisotopic (exact) mass is 206 g/mol. The molecule has 1 fully saturated rings. The number of hydrogen-bond acceptors (Lipinski definition) is 2. The molecule has 0 N–H and O–H groups in total. The third-order valence-corrected chi connectivity index (χ3v) is 2.80. The lowest BCUT2D eigenvalue weighted by atomic mass is 9.94. The van der Waals surface area contributed by atoms with E-state index in [0.29, 0.717) is 6.42 Å². The van der Waals surface area contributed by atoms with Crippen LogP contribution in [0.3, 0.4) is 0 Å². The average Bonchev–Trinajstić information content (AvgIpc) is 2.59. The molecule has 3 unspecified atom stereocenters. The molecule has 2 aliphatic carbocycles. The van der Waals surface area contributed by atoms with Crippen molar-refractivity contribution in [3.8, 4) is 0 Å². The smallest absolute Gasteiger partial charge is 0.373 e. The fourth-order valence-electron chi connectivity index (χ4n) is 2.24. The second kappa shape index (κ2) is 3.00. The van der Waals surface area contributed by atoms with Gasteiger partial charge in [0.1, 0.15) is 0 Å². The molecule has 0 aromatic carbocycles. The molecule has 14 heavy (non-hydrogen) atoms. The van der Waals surface area contributed by atoms with E-state index in [4.69, 9.17) is 0 Å². The van der Waals surface area contributed by atoms with E-state index in [-0.39, 0.29) is 11.8 Å². The maximum absolute atomic E-state index is 11.7. The van der Waals surface area contributed by atoms with Crippen molar-refractivity contribution in [1.82, 2.24) is 0 Å². The summed E-state index contributed by atoms with van der Waals surface area (Å²) >= 11 is 0. The van der Waals surface area contributed by atoms with Crippen LogP contribution < -0.4 is 0 Å². The van der Waals surface area contributed by atoms with Gasteiger partial charge in [0.15, 0.2) is 0 Å². The lowest BCUT2D eigenvalue weighted by Crippen LogP contribution is -2.27. The number of hydrogen-bond donors (Lipinski definition) is 0. The zero-order valence-corrected chi connectivity index (χ0v) is 7.25. The Bertz CT molecular complexity index is 282. The molecule has 2 aliphatic rings. The Balaban J connectivity index is 1.97. The van der Waals surface area contributed by atoms with E-state index >= 15 is 0 Å². The number of alkyl halides is 3. The summed E-state index contributed by atoms with van der Waals surface area (Å²) in [5.74, 6) is -1.50. The molecule has 2 rings (SSSR count). The van der Waals surface area contributed by atoms with Gasteiger partial charge in [0.25, 0.3) is 0 Å². The van der Waals surface area contributed by atoms with E-state index in [1.165, 1.54) is 0 Å².